The first-order valence-electron chi connectivity index (χ1n) is 18.9. The quantitative estimate of drug-likeness (QED) is 0.160. The second-order valence-corrected chi connectivity index (χ2v) is 18.4. The lowest BCUT2D eigenvalue weighted by Gasteiger charge is -2.36. The minimum atomic E-state index is -4.69. The van der Waals surface area contributed by atoms with Gasteiger partial charge >= 0.3 is 6.09 Å². The lowest BCUT2D eigenvalue weighted by atomic mass is 9.85. The van der Waals surface area contributed by atoms with Crippen molar-refractivity contribution in [2.75, 3.05) is 13.7 Å². The smallest absolute Gasteiger partial charge is 0.408 e. The summed E-state index contributed by atoms with van der Waals surface area (Å²) < 4.78 is 60.1. The van der Waals surface area contributed by atoms with Crippen molar-refractivity contribution in [1.82, 2.24) is 25.2 Å². The first-order valence-corrected chi connectivity index (χ1v) is 20.4. The Balaban J connectivity index is 1.34. The van der Waals surface area contributed by atoms with Crippen molar-refractivity contribution in [3.8, 4) is 22.8 Å². The first kappa shape index (κ1) is 42.6. The van der Waals surface area contributed by atoms with Gasteiger partial charge in [-0.3, -0.25) is 14.4 Å². The molecule has 0 spiro atoms. The Labute approximate surface area is 342 Å². The number of halogens is 1. The molecule has 1 unspecified atom stereocenters. The lowest BCUT2D eigenvalue weighted by molar-refractivity contribution is -0.142. The van der Waals surface area contributed by atoms with Crippen molar-refractivity contribution in [2.45, 2.75) is 88.6 Å². The predicted molar refractivity (Wildman–Crippen MR) is 217 cm³/mol. The third kappa shape index (κ3) is 9.32. The van der Waals surface area contributed by atoms with Gasteiger partial charge in [-0.05, 0) is 56.0 Å². The van der Waals surface area contributed by atoms with Gasteiger partial charge in [0, 0.05) is 35.9 Å². The van der Waals surface area contributed by atoms with Crippen LogP contribution in [0.1, 0.15) is 54.4 Å². The molecule has 1 saturated heterocycles. The molecule has 1 aromatic heterocycles. The number of likely N-dealkylation sites (tertiary alicyclic amines) is 1. The van der Waals surface area contributed by atoms with Crippen LogP contribution < -0.4 is 24.8 Å². The Morgan fingerprint density at radius 1 is 0.966 bits per heavy atom. The molecule has 2 heterocycles. The molecule has 1 aliphatic carbocycles. The standard InChI is InChI=1S/C43H48FN5O9S/c1-25-23-43(25,39(52)48-59(54,55)35-17-13-12-16-30(35)44)47-37(50)33-21-28(24-49(33)38(51)36(41(2,3)4)46-40(53)58-42(5,6)7)57-34-22-31(26-14-10-9-11-15-26)45-32-20-27(56-8)18-19-29(32)34/h9-20,22,28,33,36H,1,21,23-24H2,2-8H3,(H,46,53)(H,47,50)(H,48,52)/t28-,33+,36-,43?/m1/s1. The molecule has 4 aromatic rings. The molecular weight excluding hydrogens is 782 g/mol. The molecule has 3 aromatic carbocycles. The topological polar surface area (TPSA) is 182 Å². The number of hydrogen-bond donors (Lipinski definition) is 3. The number of methoxy groups -OCH3 is 1. The largest absolute Gasteiger partial charge is 0.497 e. The van der Waals surface area contributed by atoms with Crippen LogP contribution in [0, 0.1) is 11.2 Å². The number of nitrogens with one attached hydrogen (secondary N) is 3. The van der Waals surface area contributed by atoms with Gasteiger partial charge in [-0.25, -0.2) is 27.3 Å². The average Bonchev–Trinajstić information content (AvgIpc) is 3.62. The number of benzene rings is 3. The van der Waals surface area contributed by atoms with E-state index in [9.17, 15) is 32.0 Å². The molecule has 312 valence electrons. The van der Waals surface area contributed by atoms with Crippen LogP contribution in [-0.2, 0) is 29.1 Å². The molecule has 14 nitrogen and oxygen atoms in total. The van der Waals surface area contributed by atoms with Gasteiger partial charge in [-0.15, -0.1) is 0 Å². The van der Waals surface area contributed by atoms with E-state index in [0.29, 0.717) is 28.1 Å². The van der Waals surface area contributed by atoms with E-state index in [1.807, 2.05) is 35.1 Å². The molecule has 4 amide bonds. The zero-order valence-electron chi connectivity index (χ0n) is 33.9. The highest BCUT2D eigenvalue weighted by atomic mass is 32.2. The highest BCUT2D eigenvalue weighted by Gasteiger charge is 2.58. The number of sulfonamides is 1. The lowest BCUT2D eigenvalue weighted by Crippen LogP contribution is -2.60. The minimum Gasteiger partial charge on any atom is -0.497 e. The zero-order chi connectivity index (χ0) is 43.1. The van der Waals surface area contributed by atoms with Crippen LogP contribution in [0.5, 0.6) is 11.5 Å². The van der Waals surface area contributed by atoms with Gasteiger partial charge in [-0.2, -0.15) is 0 Å². The summed E-state index contributed by atoms with van der Waals surface area (Å²) in [6, 6.07) is 18.6. The number of ether oxygens (including phenoxy) is 3. The Morgan fingerprint density at radius 2 is 1.63 bits per heavy atom. The molecule has 3 N–H and O–H groups in total. The van der Waals surface area contributed by atoms with Crippen LogP contribution in [-0.4, -0.2) is 85.1 Å². The van der Waals surface area contributed by atoms with E-state index in [0.717, 1.165) is 17.7 Å². The van der Waals surface area contributed by atoms with Crippen molar-refractivity contribution >= 4 is 44.7 Å². The monoisotopic (exact) mass is 829 g/mol. The van der Waals surface area contributed by atoms with Crippen molar-refractivity contribution in [1.29, 1.82) is 0 Å². The van der Waals surface area contributed by atoms with Crippen molar-refractivity contribution in [3.63, 3.8) is 0 Å². The maximum atomic E-state index is 14.7. The Kier molecular flexibility index (Phi) is 11.5. The number of fused-ring (bicyclic) bond motifs is 1. The number of nitrogens with zero attached hydrogens (tertiary/aromatic N) is 2. The fraction of sp³-hybridized carbons (Fsp3) is 0.372. The first-order chi connectivity index (χ1) is 27.6. The maximum absolute atomic E-state index is 14.7. The summed E-state index contributed by atoms with van der Waals surface area (Å²) in [6.07, 6.45) is -1.83. The highest BCUT2D eigenvalue weighted by molar-refractivity contribution is 7.90. The van der Waals surface area contributed by atoms with E-state index in [4.69, 9.17) is 19.2 Å². The average molecular weight is 830 g/mol. The number of rotatable bonds is 11. The van der Waals surface area contributed by atoms with Gasteiger partial charge in [0.25, 0.3) is 15.9 Å². The number of aromatic nitrogens is 1. The molecule has 1 aliphatic heterocycles. The summed E-state index contributed by atoms with van der Waals surface area (Å²) in [4.78, 5) is 61.2. The van der Waals surface area contributed by atoms with Crippen molar-refractivity contribution in [3.05, 3.63) is 96.8 Å². The summed E-state index contributed by atoms with van der Waals surface area (Å²) in [6.45, 7) is 14.0. The molecule has 16 heteroatoms. The number of carbonyl (C=O) groups is 4. The second-order valence-electron chi connectivity index (χ2n) is 16.7. The van der Waals surface area contributed by atoms with E-state index >= 15 is 0 Å². The van der Waals surface area contributed by atoms with Crippen molar-refractivity contribution < 1.29 is 46.2 Å². The van der Waals surface area contributed by atoms with E-state index in [2.05, 4.69) is 17.2 Å². The third-order valence-corrected chi connectivity index (χ3v) is 11.4. The second kappa shape index (κ2) is 16.0. The van der Waals surface area contributed by atoms with Gasteiger partial charge in [0.15, 0.2) is 0 Å². The normalized spacial score (nSPS) is 19.7. The van der Waals surface area contributed by atoms with Gasteiger partial charge in [0.2, 0.25) is 11.8 Å². The third-order valence-electron chi connectivity index (χ3n) is 10.00. The fourth-order valence-corrected chi connectivity index (χ4v) is 7.99. The van der Waals surface area contributed by atoms with E-state index in [1.165, 1.54) is 17.0 Å². The summed E-state index contributed by atoms with van der Waals surface area (Å²) in [5.41, 5.74) is -1.45. The minimum absolute atomic E-state index is 0.0702. The van der Waals surface area contributed by atoms with E-state index < -0.39 is 79.3 Å². The Hall–Kier alpha value is -6.03. The molecule has 2 aliphatic rings. The predicted octanol–water partition coefficient (Wildman–Crippen LogP) is 5.66. The van der Waals surface area contributed by atoms with Gasteiger partial charge in [0.05, 0.1) is 24.9 Å². The number of amides is 4. The van der Waals surface area contributed by atoms with Crippen LogP contribution in [0.4, 0.5) is 9.18 Å². The highest BCUT2D eigenvalue weighted by Crippen LogP contribution is 2.43. The van der Waals surface area contributed by atoms with Crippen molar-refractivity contribution in [2.24, 2.45) is 5.41 Å². The fourth-order valence-electron chi connectivity index (χ4n) is 6.88. The number of carbonyl (C=O) groups excluding carboxylic acids is 4. The van der Waals surface area contributed by atoms with Gasteiger partial charge < -0.3 is 29.7 Å². The van der Waals surface area contributed by atoms with Crippen LogP contribution >= 0.6 is 0 Å². The summed E-state index contributed by atoms with van der Waals surface area (Å²) >= 11 is 0. The van der Waals surface area contributed by atoms with Crippen LogP contribution in [0.3, 0.4) is 0 Å². The number of pyridine rings is 1. The van der Waals surface area contributed by atoms with Crippen LogP contribution in [0.2, 0.25) is 0 Å². The van der Waals surface area contributed by atoms with Crippen LogP contribution in [0.25, 0.3) is 22.2 Å². The summed E-state index contributed by atoms with van der Waals surface area (Å²) in [5, 5.41) is 5.97. The molecule has 4 atom stereocenters. The zero-order valence-corrected chi connectivity index (χ0v) is 34.7. The molecular formula is C43H48FN5O9S. The SMILES string of the molecule is C=C1CC1(NC(=O)[C@@H]1C[C@@H](Oc2cc(-c3ccccc3)nc3cc(OC)ccc23)CN1C(=O)[C@@H](NC(=O)OC(C)(C)C)C(C)(C)C)C(=O)NS(=O)(=O)c1ccccc1F. The summed E-state index contributed by atoms with van der Waals surface area (Å²) in [7, 11) is -3.15. The molecule has 59 heavy (non-hydrogen) atoms. The molecule has 0 radical (unpaired) electrons. The van der Waals surface area contributed by atoms with Gasteiger partial charge in [-0.1, -0.05) is 69.8 Å². The number of hydrogen-bond acceptors (Lipinski definition) is 10. The van der Waals surface area contributed by atoms with E-state index in [-0.39, 0.29) is 25.0 Å². The molecule has 1 saturated carbocycles. The van der Waals surface area contributed by atoms with E-state index in [1.54, 1.807) is 72.9 Å². The Bertz CT molecular complexity index is 2430. The number of alkyl carbamates (subject to hydrolysis) is 1. The molecule has 6 rings (SSSR count). The molecule has 0 bridgehead atoms. The van der Waals surface area contributed by atoms with Gasteiger partial charge in [0.1, 0.15) is 51.5 Å². The molecule has 2 fully saturated rings. The maximum Gasteiger partial charge on any atom is 0.408 e. The summed E-state index contributed by atoms with van der Waals surface area (Å²) in [5.74, 6) is -2.66. The Morgan fingerprint density at radius 3 is 2.24 bits per heavy atom. The van der Waals surface area contributed by atoms with Crippen LogP contribution in [0.15, 0.2) is 95.9 Å².